The molecule has 158 valence electrons. The van der Waals surface area contributed by atoms with Gasteiger partial charge in [-0.2, -0.15) is 5.26 Å². The smallest absolute Gasteiger partial charge is 0.262 e. The predicted molar refractivity (Wildman–Crippen MR) is 109 cm³/mol. The summed E-state index contributed by atoms with van der Waals surface area (Å²) in [7, 11) is 4.90. The van der Waals surface area contributed by atoms with E-state index < -0.39 is 12.0 Å². The molecule has 0 unspecified atom stereocenters. The molecule has 0 aliphatic rings. The highest BCUT2D eigenvalue weighted by atomic mass is 16.5. The second kappa shape index (κ2) is 12.4. The van der Waals surface area contributed by atoms with Crippen molar-refractivity contribution >= 4 is 17.9 Å². The zero-order valence-electron chi connectivity index (χ0n) is 17.7. The van der Waals surface area contributed by atoms with Gasteiger partial charge in [0, 0.05) is 34.4 Å². The monoisotopic (exact) mass is 403 g/mol. The zero-order valence-corrected chi connectivity index (χ0v) is 17.7. The molecular formula is C21H29N3O5. The summed E-state index contributed by atoms with van der Waals surface area (Å²) in [6.07, 6.45) is 1.45. The lowest BCUT2D eigenvalue weighted by Crippen LogP contribution is -2.35. The van der Waals surface area contributed by atoms with Crippen molar-refractivity contribution in [2.45, 2.75) is 26.4 Å². The van der Waals surface area contributed by atoms with Crippen LogP contribution in [0.3, 0.4) is 0 Å². The molecule has 1 atom stereocenters. The van der Waals surface area contributed by atoms with Crippen LogP contribution in [0.5, 0.6) is 11.5 Å². The Morgan fingerprint density at radius 3 is 2.62 bits per heavy atom. The highest BCUT2D eigenvalue weighted by Crippen LogP contribution is 2.30. The Hall–Kier alpha value is -3.05. The molecule has 0 radical (unpaired) electrons. The number of carbonyl (C=O) groups is 2. The molecule has 8 nitrogen and oxygen atoms in total. The van der Waals surface area contributed by atoms with Crippen LogP contribution in [0.25, 0.3) is 6.08 Å². The fraction of sp³-hybridized carbons (Fsp3) is 0.476. The van der Waals surface area contributed by atoms with E-state index in [0.29, 0.717) is 43.2 Å². The van der Waals surface area contributed by atoms with Gasteiger partial charge in [0.1, 0.15) is 11.6 Å². The number of nitrogens with one attached hydrogen (secondary N) is 1. The van der Waals surface area contributed by atoms with Crippen molar-refractivity contribution < 1.29 is 23.8 Å². The van der Waals surface area contributed by atoms with Crippen molar-refractivity contribution in [1.29, 1.82) is 5.26 Å². The van der Waals surface area contributed by atoms with Gasteiger partial charge >= 0.3 is 0 Å². The first-order chi connectivity index (χ1) is 13.8. The minimum atomic E-state index is -0.682. The molecule has 1 N–H and O–H groups in total. The van der Waals surface area contributed by atoms with Gasteiger partial charge in [0.25, 0.3) is 11.8 Å². The lowest BCUT2D eigenvalue weighted by molar-refractivity contribution is -0.135. The number of ether oxygens (including phenoxy) is 3. The average Bonchev–Trinajstić information content (AvgIpc) is 2.70. The van der Waals surface area contributed by atoms with Gasteiger partial charge in [-0.05, 0) is 44.0 Å². The summed E-state index contributed by atoms with van der Waals surface area (Å²) in [6, 6.07) is 6.93. The minimum Gasteiger partial charge on any atom is -0.490 e. The molecule has 8 heteroatoms. The van der Waals surface area contributed by atoms with E-state index in [0.717, 1.165) is 0 Å². The van der Waals surface area contributed by atoms with Gasteiger partial charge in [-0.25, -0.2) is 0 Å². The molecule has 0 heterocycles. The van der Waals surface area contributed by atoms with Crippen LogP contribution in [0, 0.1) is 11.3 Å². The third-order valence-electron chi connectivity index (χ3n) is 3.85. The second-order valence-electron chi connectivity index (χ2n) is 6.40. The number of likely N-dealkylation sites (N-methyl/N-ethyl adjacent to an activating group) is 1. The fourth-order valence-corrected chi connectivity index (χ4v) is 2.41. The van der Waals surface area contributed by atoms with Crippen molar-refractivity contribution in [3.63, 3.8) is 0 Å². The first-order valence-corrected chi connectivity index (χ1v) is 9.37. The Bertz CT molecular complexity index is 768. The van der Waals surface area contributed by atoms with Crippen LogP contribution < -0.4 is 14.8 Å². The van der Waals surface area contributed by atoms with E-state index in [1.807, 2.05) is 13.0 Å². The summed E-state index contributed by atoms with van der Waals surface area (Å²) in [5, 5.41) is 12.0. The van der Waals surface area contributed by atoms with Crippen molar-refractivity contribution in [2.75, 3.05) is 41.0 Å². The van der Waals surface area contributed by atoms with Crippen LogP contribution in [-0.2, 0) is 14.3 Å². The SMILES string of the molecule is CCOc1cc(/C=C(\C#N)C(=O)NCCCOC)ccc1O[C@@H](C)C(=O)N(C)C. The number of hydrogen-bond acceptors (Lipinski definition) is 6. The van der Waals surface area contributed by atoms with Gasteiger partial charge < -0.3 is 24.4 Å². The normalized spacial score (nSPS) is 11.9. The molecule has 0 aromatic heterocycles. The summed E-state index contributed by atoms with van der Waals surface area (Å²) < 4.78 is 16.3. The van der Waals surface area contributed by atoms with E-state index in [1.54, 1.807) is 46.3 Å². The number of benzene rings is 1. The quantitative estimate of drug-likeness (QED) is 0.345. The molecule has 0 bridgehead atoms. The number of carbonyl (C=O) groups excluding carboxylic acids is 2. The zero-order chi connectivity index (χ0) is 21.8. The van der Waals surface area contributed by atoms with Gasteiger partial charge in [-0.3, -0.25) is 9.59 Å². The van der Waals surface area contributed by atoms with Gasteiger partial charge in [0.15, 0.2) is 17.6 Å². The second-order valence-corrected chi connectivity index (χ2v) is 6.40. The molecular weight excluding hydrogens is 374 g/mol. The highest BCUT2D eigenvalue weighted by Gasteiger charge is 2.19. The standard InChI is InChI=1S/C21H29N3O5/c1-6-28-19-13-16(8-9-18(19)29-15(2)21(26)24(3)4)12-17(14-22)20(25)23-10-7-11-27-5/h8-9,12-13,15H,6-7,10-11H2,1-5H3,(H,23,25)/b17-12+/t15-/m0/s1. The van der Waals surface area contributed by atoms with E-state index in [9.17, 15) is 14.9 Å². The van der Waals surface area contributed by atoms with Gasteiger partial charge in [-0.15, -0.1) is 0 Å². The summed E-state index contributed by atoms with van der Waals surface area (Å²) in [4.78, 5) is 25.6. The number of nitrogens with zero attached hydrogens (tertiary/aromatic N) is 2. The Labute approximate surface area is 172 Å². The molecule has 0 saturated carbocycles. The molecule has 0 fully saturated rings. The summed E-state index contributed by atoms with van der Waals surface area (Å²) >= 11 is 0. The Morgan fingerprint density at radius 2 is 2.03 bits per heavy atom. The van der Waals surface area contributed by atoms with Crippen LogP contribution in [-0.4, -0.2) is 63.8 Å². The van der Waals surface area contributed by atoms with Gasteiger partial charge in [0.05, 0.1) is 6.61 Å². The van der Waals surface area contributed by atoms with Crippen LogP contribution in [0.4, 0.5) is 0 Å². The van der Waals surface area contributed by atoms with Crippen LogP contribution in [0.15, 0.2) is 23.8 Å². The minimum absolute atomic E-state index is 0.0188. The number of rotatable bonds is 11. The molecule has 29 heavy (non-hydrogen) atoms. The van der Waals surface area contributed by atoms with E-state index in [-0.39, 0.29) is 11.5 Å². The maximum absolute atomic E-state index is 12.2. The van der Waals surface area contributed by atoms with Crippen molar-refractivity contribution in [3.05, 3.63) is 29.3 Å². The maximum Gasteiger partial charge on any atom is 0.262 e. The molecule has 1 aromatic rings. The molecule has 0 saturated heterocycles. The van der Waals surface area contributed by atoms with Crippen molar-refractivity contribution in [3.8, 4) is 17.6 Å². The number of amides is 2. The van der Waals surface area contributed by atoms with E-state index in [2.05, 4.69) is 5.32 Å². The topological polar surface area (TPSA) is 101 Å². The molecule has 0 spiro atoms. The van der Waals surface area contributed by atoms with Gasteiger partial charge in [0.2, 0.25) is 0 Å². The third-order valence-corrected chi connectivity index (χ3v) is 3.85. The van der Waals surface area contributed by atoms with E-state index in [4.69, 9.17) is 14.2 Å². The first kappa shape index (κ1) is 24.0. The molecule has 1 aromatic carbocycles. The molecule has 2 amide bonds. The van der Waals surface area contributed by atoms with Gasteiger partial charge in [-0.1, -0.05) is 6.07 Å². The van der Waals surface area contributed by atoms with Crippen LogP contribution in [0.2, 0.25) is 0 Å². The summed E-state index contributed by atoms with van der Waals surface area (Å²) in [6.45, 7) is 4.83. The Morgan fingerprint density at radius 1 is 1.31 bits per heavy atom. The van der Waals surface area contributed by atoms with E-state index >= 15 is 0 Å². The van der Waals surface area contributed by atoms with Crippen molar-refractivity contribution in [1.82, 2.24) is 10.2 Å². The molecule has 0 aliphatic heterocycles. The lowest BCUT2D eigenvalue weighted by Gasteiger charge is -2.20. The fourth-order valence-electron chi connectivity index (χ4n) is 2.41. The largest absolute Gasteiger partial charge is 0.490 e. The summed E-state index contributed by atoms with van der Waals surface area (Å²) in [5.41, 5.74) is 0.589. The summed E-state index contributed by atoms with van der Waals surface area (Å²) in [5.74, 6) is 0.215. The molecule has 0 aliphatic carbocycles. The van der Waals surface area contributed by atoms with E-state index in [1.165, 1.54) is 11.0 Å². The number of methoxy groups -OCH3 is 1. The number of hydrogen-bond donors (Lipinski definition) is 1. The third kappa shape index (κ3) is 7.84. The van der Waals surface area contributed by atoms with Crippen LogP contribution in [0.1, 0.15) is 25.8 Å². The number of nitriles is 1. The first-order valence-electron chi connectivity index (χ1n) is 9.37. The lowest BCUT2D eigenvalue weighted by atomic mass is 10.1. The van der Waals surface area contributed by atoms with Crippen molar-refractivity contribution in [2.24, 2.45) is 0 Å². The Balaban J connectivity index is 3.00. The van der Waals surface area contributed by atoms with Crippen LogP contribution >= 0.6 is 0 Å². The maximum atomic E-state index is 12.2. The predicted octanol–water partition coefficient (Wildman–Crippen LogP) is 2.00. The Kier molecular flexibility index (Phi) is 10.3. The molecule has 1 rings (SSSR count). The average molecular weight is 403 g/mol. The highest BCUT2D eigenvalue weighted by molar-refractivity contribution is 6.01.